The Labute approximate surface area is 119 Å². The van der Waals surface area contributed by atoms with E-state index >= 15 is 0 Å². The zero-order valence-electron chi connectivity index (χ0n) is 13.2. The first-order valence-corrected chi connectivity index (χ1v) is 8.18. The van der Waals surface area contributed by atoms with Gasteiger partial charge in [-0.05, 0) is 44.6 Å². The lowest BCUT2D eigenvalue weighted by atomic mass is 9.76. The standard InChI is InChI=1S/C16H32N2O/c1-5-14-11-18(8-9-19-14)16-10-13(12(2)3)6-7-15(16)17-4/h12-17H,5-11H2,1-4H3. The summed E-state index contributed by atoms with van der Waals surface area (Å²) in [5, 5.41) is 3.56. The Morgan fingerprint density at radius 2 is 2.11 bits per heavy atom. The Hall–Kier alpha value is -0.120. The van der Waals surface area contributed by atoms with Gasteiger partial charge in [0.25, 0.3) is 0 Å². The number of nitrogens with one attached hydrogen (secondary N) is 1. The third kappa shape index (κ3) is 3.71. The first kappa shape index (κ1) is 15.3. The van der Waals surface area contributed by atoms with Gasteiger partial charge in [-0.2, -0.15) is 0 Å². The molecular weight excluding hydrogens is 236 g/mol. The van der Waals surface area contributed by atoms with Crippen molar-refractivity contribution >= 4 is 0 Å². The van der Waals surface area contributed by atoms with E-state index in [1.165, 1.54) is 19.3 Å². The van der Waals surface area contributed by atoms with Gasteiger partial charge in [0, 0.05) is 25.2 Å². The first-order chi connectivity index (χ1) is 9.15. The van der Waals surface area contributed by atoms with Crippen molar-refractivity contribution in [1.29, 1.82) is 0 Å². The van der Waals surface area contributed by atoms with Gasteiger partial charge in [-0.25, -0.2) is 0 Å². The third-order valence-corrected chi connectivity index (χ3v) is 5.27. The molecule has 2 rings (SSSR count). The van der Waals surface area contributed by atoms with Crippen LogP contribution < -0.4 is 5.32 Å². The number of ether oxygens (including phenoxy) is 1. The summed E-state index contributed by atoms with van der Waals surface area (Å²) in [5.41, 5.74) is 0. The third-order valence-electron chi connectivity index (χ3n) is 5.27. The topological polar surface area (TPSA) is 24.5 Å². The summed E-state index contributed by atoms with van der Waals surface area (Å²) in [4.78, 5) is 2.70. The molecule has 0 amide bonds. The molecule has 1 N–H and O–H groups in total. The van der Waals surface area contributed by atoms with Gasteiger partial charge < -0.3 is 10.1 Å². The predicted molar refractivity (Wildman–Crippen MR) is 80.4 cm³/mol. The molecule has 4 atom stereocenters. The largest absolute Gasteiger partial charge is 0.376 e. The van der Waals surface area contributed by atoms with E-state index < -0.39 is 0 Å². The van der Waals surface area contributed by atoms with Gasteiger partial charge in [-0.3, -0.25) is 4.90 Å². The summed E-state index contributed by atoms with van der Waals surface area (Å²) in [6, 6.07) is 1.38. The molecule has 2 aliphatic rings. The molecule has 1 aliphatic heterocycles. The van der Waals surface area contributed by atoms with E-state index in [0.717, 1.165) is 38.0 Å². The lowest BCUT2D eigenvalue weighted by Crippen LogP contribution is -2.57. The zero-order valence-corrected chi connectivity index (χ0v) is 13.2. The molecule has 19 heavy (non-hydrogen) atoms. The van der Waals surface area contributed by atoms with Crippen LogP contribution >= 0.6 is 0 Å². The van der Waals surface area contributed by atoms with Crippen LogP contribution in [0.5, 0.6) is 0 Å². The first-order valence-electron chi connectivity index (χ1n) is 8.18. The molecule has 3 heteroatoms. The van der Waals surface area contributed by atoms with Crippen molar-refractivity contribution < 1.29 is 4.74 Å². The maximum Gasteiger partial charge on any atom is 0.0700 e. The highest BCUT2D eigenvalue weighted by Crippen LogP contribution is 2.33. The van der Waals surface area contributed by atoms with Crippen LogP contribution in [0.15, 0.2) is 0 Å². The van der Waals surface area contributed by atoms with Crippen LogP contribution in [0, 0.1) is 11.8 Å². The summed E-state index contributed by atoms with van der Waals surface area (Å²) in [6.07, 6.45) is 5.67. The van der Waals surface area contributed by atoms with Crippen LogP contribution in [0.25, 0.3) is 0 Å². The number of hydrogen-bond donors (Lipinski definition) is 1. The highest BCUT2D eigenvalue weighted by molar-refractivity contribution is 4.92. The van der Waals surface area contributed by atoms with E-state index in [1.807, 2.05) is 0 Å². The molecule has 1 heterocycles. The fraction of sp³-hybridized carbons (Fsp3) is 1.00. The summed E-state index contributed by atoms with van der Waals surface area (Å²) >= 11 is 0. The maximum atomic E-state index is 5.83. The van der Waals surface area contributed by atoms with Crippen molar-refractivity contribution in [2.75, 3.05) is 26.7 Å². The SMILES string of the molecule is CCC1CN(C2CC(C(C)C)CCC2NC)CCO1. The Bertz CT molecular complexity index is 269. The quantitative estimate of drug-likeness (QED) is 0.848. The zero-order chi connectivity index (χ0) is 13.8. The number of likely N-dealkylation sites (N-methyl/N-ethyl adjacent to an activating group) is 1. The van der Waals surface area contributed by atoms with Crippen molar-refractivity contribution in [3.8, 4) is 0 Å². The van der Waals surface area contributed by atoms with Gasteiger partial charge in [-0.1, -0.05) is 20.8 Å². The second-order valence-electron chi connectivity index (χ2n) is 6.68. The van der Waals surface area contributed by atoms with Crippen molar-refractivity contribution in [2.24, 2.45) is 11.8 Å². The monoisotopic (exact) mass is 268 g/mol. The summed E-state index contributed by atoms with van der Waals surface area (Å²) in [6.45, 7) is 10.2. The van der Waals surface area contributed by atoms with Gasteiger partial charge in [0.2, 0.25) is 0 Å². The highest BCUT2D eigenvalue weighted by atomic mass is 16.5. The van der Waals surface area contributed by atoms with E-state index in [2.05, 4.69) is 38.0 Å². The molecule has 0 radical (unpaired) electrons. The second-order valence-corrected chi connectivity index (χ2v) is 6.68. The van der Waals surface area contributed by atoms with E-state index in [1.54, 1.807) is 0 Å². The van der Waals surface area contributed by atoms with Gasteiger partial charge in [0.05, 0.1) is 12.7 Å². The van der Waals surface area contributed by atoms with Crippen LogP contribution in [0.1, 0.15) is 46.5 Å². The lowest BCUT2D eigenvalue weighted by Gasteiger charge is -2.46. The minimum absolute atomic E-state index is 0.450. The summed E-state index contributed by atoms with van der Waals surface area (Å²) in [7, 11) is 2.13. The minimum Gasteiger partial charge on any atom is -0.376 e. The van der Waals surface area contributed by atoms with Crippen LogP contribution in [-0.4, -0.2) is 49.8 Å². The Kier molecular flexibility index (Phi) is 5.67. The highest BCUT2D eigenvalue weighted by Gasteiger charge is 2.36. The average Bonchev–Trinajstić information content (AvgIpc) is 2.46. The molecule has 1 aliphatic carbocycles. The molecule has 4 unspecified atom stereocenters. The molecule has 3 nitrogen and oxygen atoms in total. The van der Waals surface area contributed by atoms with E-state index in [4.69, 9.17) is 4.74 Å². The number of morpholine rings is 1. The smallest absolute Gasteiger partial charge is 0.0700 e. The van der Waals surface area contributed by atoms with Gasteiger partial charge >= 0.3 is 0 Å². The van der Waals surface area contributed by atoms with Crippen molar-refractivity contribution in [1.82, 2.24) is 10.2 Å². The van der Waals surface area contributed by atoms with Crippen molar-refractivity contribution in [3.05, 3.63) is 0 Å². The Balaban J connectivity index is 2.00. The van der Waals surface area contributed by atoms with Crippen molar-refractivity contribution in [2.45, 2.75) is 64.6 Å². The number of hydrogen-bond acceptors (Lipinski definition) is 3. The van der Waals surface area contributed by atoms with E-state index in [-0.39, 0.29) is 0 Å². The summed E-state index contributed by atoms with van der Waals surface area (Å²) in [5.74, 6) is 1.72. The molecule has 1 saturated carbocycles. The van der Waals surface area contributed by atoms with Crippen LogP contribution in [-0.2, 0) is 4.74 Å². The fourth-order valence-electron chi connectivity index (χ4n) is 3.81. The van der Waals surface area contributed by atoms with Gasteiger partial charge in [0.15, 0.2) is 0 Å². The van der Waals surface area contributed by atoms with Gasteiger partial charge in [-0.15, -0.1) is 0 Å². The Morgan fingerprint density at radius 1 is 1.32 bits per heavy atom. The molecule has 0 aromatic carbocycles. The molecule has 2 fully saturated rings. The molecule has 0 aromatic heterocycles. The lowest BCUT2D eigenvalue weighted by molar-refractivity contribution is -0.0591. The molecular formula is C16H32N2O. The number of rotatable bonds is 4. The Morgan fingerprint density at radius 3 is 2.74 bits per heavy atom. The maximum absolute atomic E-state index is 5.83. The molecule has 1 saturated heterocycles. The summed E-state index contributed by atoms with van der Waals surface area (Å²) < 4.78 is 5.83. The normalized spacial score (nSPS) is 37.7. The predicted octanol–water partition coefficient (Wildman–Crippen LogP) is 2.51. The van der Waals surface area contributed by atoms with Crippen LogP contribution in [0.3, 0.4) is 0 Å². The van der Waals surface area contributed by atoms with Crippen LogP contribution in [0.4, 0.5) is 0 Å². The molecule has 0 bridgehead atoms. The van der Waals surface area contributed by atoms with Gasteiger partial charge in [0.1, 0.15) is 0 Å². The van der Waals surface area contributed by atoms with Crippen molar-refractivity contribution in [3.63, 3.8) is 0 Å². The minimum atomic E-state index is 0.450. The molecule has 112 valence electrons. The second kappa shape index (κ2) is 7.05. The number of nitrogens with zero attached hydrogens (tertiary/aromatic N) is 1. The fourth-order valence-corrected chi connectivity index (χ4v) is 3.81. The average molecular weight is 268 g/mol. The molecule has 0 aromatic rings. The van der Waals surface area contributed by atoms with Crippen LogP contribution in [0.2, 0.25) is 0 Å². The molecule has 0 spiro atoms. The van der Waals surface area contributed by atoms with E-state index in [0.29, 0.717) is 18.2 Å². The van der Waals surface area contributed by atoms with E-state index in [9.17, 15) is 0 Å².